The lowest BCUT2D eigenvalue weighted by molar-refractivity contribution is -0.116. The van der Waals surface area contributed by atoms with Crippen molar-refractivity contribution in [2.45, 2.75) is 19.3 Å². The Morgan fingerprint density at radius 2 is 2.05 bits per heavy atom. The zero-order valence-electron chi connectivity index (χ0n) is 12.6. The molecular formula is C16H24ClN3O. The number of anilines is 1. The molecule has 0 aliphatic carbocycles. The van der Waals surface area contributed by atoms with Gasteiger partial charge in [-0.15, -0.1) is 0 Å². The zero-order chi connectivity index (χ0) is 15.1. The SMILES string of the molecule is CNCC1CCN(CCC(=O)Nc2ccccc2Cl)CC1. The van der Waals surface area contributed by atoms with Gasteiger partial charge in [-0.25, -0.2) is 0 Å². The predicted molar refractivity (Wildman–Crippen MR) is 87.8 cm³/mol. The number of benzene rings is 1. The smallest absolute Gasteiger partial charge is 0.225 e. The third-order valence-corrected chi connectivity index (χ3v) is 4.33. The van der Waals surface area contributed by atoms with Crippen LogP contribution in [-0.4, -0.2) is 44.0 Å². The van der Waals surface area contributed by atoms with Crippen molar-refractivity contribution in [1.82, 2.24) is 10.2 Å². The normalized spacial score (nSPS) is 16.9. The van der Waals surface area contributed by atoms with Crippen LogP contribution in [0.5, 0.6) is 0 Å². The van der Waals surface area contributed by atoms with Gasteiger partial charge in [-0.05, 0) is 57.6 Å². The molecule has 0 atom stereocenters. The number of carbonyl (C=O) groups is 1. The largest absolute Gasteiger partial charge is 0.325 e. The maximum atomic E-state index is 12.0. The number of para-hydroxylation sites is 1. The Morgan fingerprint density at radius 1 is 1.33 bits per heavy atom. The number of nitrogens with zero attached hydrogens (tertiary/aromatic N) is 1. The van der Waals surface area contributed by atoms with E-state index in [1.54, 1.807) is 6.07 Å². The summed E-state index contributed by atoms with van der Waals surface area (Å²) in [6.45, 7) is 4.10. The summed E-state index contributed by atoms with van der Waals surface area (Å²) in [4.78, 5) is 14.3. The molecule has 0 aromatic heterocycles. The fourth-order valence-corrected chi connectivity index (χ4v) is 2.92. The topological polar surface area (TPSA) is 44.4 Å². The lowest BCUT2D eigenvalue weighted by Crippen LogP contribution is -2.38. The molecule has 1 aromatic carbocycles. The maximum absolute atomic E-state index is 12.0. The van der Waals surface area contributed by atoms with Gasteiger partial charge in [-0.3, -0.25) is 4.79 Å². The van der Waals surface area contributed by atoms with E-state index in [1.165, 1.54) is 12.8 Å². The van der Waals surface area contributed by atoms with Crippen LogP contribution >= 0.6 is 11.6 Å². The van der Waals surface area contributed by atoms with Gasteiger partial charge in [-0.2, -0.15) is 0 Å². The molecule has 1 aliphatic heterocycles. The number of amides is 1. The highest BCUT2D eigenvalue weighted by atomic mass is 35.5. The lowest BCUT2D eigenvalue weighted by Gasteiger charge is -2.31. The second-order valence-corrected chi connectivity index (χ2v) is 6.03. The van der Waals surface area contributed by atoms with Crippen molar-refractivity contribution in [3.8, 4) is 0 Å². The van der Waals surface area contributed by atoms with Crippen LogP contribution in [0.2, 0.25) is 5.02 Å². The average molecular weight is 310 g/mol. The summed E-state index contributed by atoms with van der Waals surface area (Å²) in [5, 5.41) is 6.69. The molecule has 1 saturated heterocycles. The van der Waals surface area contributed by atoms with E-state index in [0.717, 1.165) is 32.1 Å². The van der Waals surface area contributed by atoms with Crippen molar-refractivity contribution < 1.29 is 4.79 Å². The van der Waals surface area contributed by atoms with Gasteiger partial charge in [0.25, 0.3) is 0 Å². The van der Waals surface area contributed by atoms with Crippen LogP contribution in [0.3, 0.4) is 0 Å². The van der Waals surface area contributed by atoms with Gasteiger partial charge in [0.2, 0.25) is 5.91 Å². The van der Waals surface area contributed by atoms with Gasteiger partial charge in [-0.1, -0.05) is 23.7 Å². The number of hydrogen-bond donors (Lipinski definition) is 2. The van der Waals surface area contributed by atoms with Crippen LogP contribution < -0.4 is 10.6 Å². The quantitative estimate of drug-likeness (QED) is 0.849. The Balaban J connectivity index is 1.69. The number of piperidine rings is 1. The molecule has 1 heterocycles. The van der Waals surface area contributed by atoms with E-state index in [4.69, 9.17) is 11.6 Å². The Hall–Kier alpha value is -1.10. The van der Waals surface area contributed by atoms with Crippen molar-refractivity contribution in [2.75, 3.05) is 38.5 Å². The highest BCUT2D eigenvalue weighted by Gasteiger charge is 2.18. The van der Waals surface area contributed by atoms with Crippen molar-refractivity contribution in [2.24, 2.45) is 5.92 Å². The van der Waals surface area contributed by atoms with Gasteiger partial charge in [0, 0.05) is 13.0 Å². The first-order valence-electron chi connectivity index (χ1n) is 7.60. The Bertz CT molecular complexity index is 459. The van der Waals surface area contributed by atoms with Gasteiger partial charge >= 0.3 is 0 Å². The Kier molecular flexibility index (Phi) is 6.49. The maximum Gasteiger partial charge on any atom is 0.225 e. The molecule has 116 valence electrons. The van der Waals surface area contributed by atoms with Crippen LogP contribution in [0.25, 0.3) is 0 Å². The third kappa shape index (κ3) is 5.30. The van der Waals surface area contributed by atoms with Gasteiger partial charge in [0.15, 0.2) is 0 Å². The summed E-state index contributed by atoms with van der Waals surface area (Å²) in [7, 11) is 2.01. The summed E-state index contributed by atoms with van der Waals surface area (Å²) in [6.07, 6.45) is 2.95. The summed E-state index contributed by atoms with van der Waals surface area (Å²) < 4.78 is 0. The van der Waals surface area contributed by atoms with E-state index in [2.05, 4.69) is 15.5 Å². The van der Waals surface area contributed by atoms with Crippen LogP contribution in [0.4, 0.5) is 5.69 Å². The number of rotatable bonds is 6. The average Bonchev–Trinajstić information content (AvgIpc) is 2.49. The van der Waals surface area contributed by atoms with Gasteiger partial charge < -0.3 is 15.5 Å². The van der Waals surface area contributed by atoms with E-state index in [-0.39, 0.29) is 5.91 Å². The van der Waals surface area contributed by atoms with E-state index < -0.39 is 0 Å². The molecule has 1 aromatic rings. The summed E-state index contributed by atoms with van der Waals surface area (Å²) >= 11 is 6.03. The lowest BCUT2D eigenvalue weighted by atomic mass is 9.97. The molecule has 1 aliphatic rings. The number of nitrogens with one attached hydrogen (secondary N) is 2. The molecule has 0 spiro atoms. The Morgan fingerprint density at radius 3 is 2.71 bits per heavy atom. The van der Waals surface area contributed by atoms with Crippen LogP contribution in [-0.2, 0) is 4.79 Å². The van der Waals surface area contributed by atoms with Crippen LogP contribution in [0.15, 0.2) is 24.3 Å². The van der Waals surface area contributed by atoms with Crippen LogP contribution in [0, 0.1) is 5.92 Å². The molecule has 4 nitrogen and oxygen atoms in total. The predicted octanol–water partition coefficient (Wildman–Crippen LogP) is 2.60. The molecule has 5 heteroatoms. The summed E-state index contributed by atoms with van der Waals surface area (Å²) in [5.74, 6) is 0.809. The minimum atomic E-state index is 0.0282. The van der Waals surface area contributed by atoms with E-state index >= 15 is 0 Å². The zero-order valence-corrected chi connectivity index (χ0v) is 13.3. The number of likely N-dealkylation sites (tertiary alicyclic amines) is 1. The molecule has 2 N–H and O–H groups in total. The number of hydrogen-bond acceptors (Lipinski definition) is 3. The molecule has 21 heavy (non-hydrogen) atoms. The number of halogens is 1. The first-order valence-corrected chi connectivity index (χ1v) is 7.98. The van der Waals surface area contributed by atoms with Crippen molar-refractivity contribution in [3.05, 3.63) is 29.3 Å². The number of carbonyl (C=O) groups excluding carboxylic acids is 1. The molecular weight excluding hydrogens is 286 g/mol. The standard InChI is InChI=1S/C16H24ClN3O/c1-18-12-13-6-9-20(10-7-13)11-8-16(21)19-15-5-3-2-4-14(15)17/h2-5,13,18H,6-12H2,1H3,(H,19,21). The second-order valence-electron chi connectivity index (χ2n) is 5.62. The summed E-state index contributed by atoms with van der Waals surface area (Å²) in [6, 6.07) is 7.33. The fraction of sp³-hybridized carbons (Fsp3) is 0.562. The monoisotopic (exact) mass is 309 g/mol. The van der Waals surface area contributed by atoms with Crippen LogP contribution in [0.1, 0.15) is 19.3 Å². The molecule has 1 fully saturated rings. The molecule has 1 amide bonds. The highest BCUT2D eigenvalue weighted by Crippen LogP contribution is 2.21. The summed E-state index contributed by atoms with van der Waals surface area (Å²) in [5.41, 5.74) is 0.692. The third-order valence-electron chi connectivity index (χ3n) is 4.00. The molecule has 2 rings (SSSR count). The van der Waals surface area contributed by atoms with Gasteiger partial charge in [0.1, 0.15) is 0 Å². The molecule has 0 saturated carbocycles. The molecule has 0 radical (unpaired) electrons. The van der Waals surface area contributed by atoms with E-state index in [1.807, 2.05) is 25.2 Å². The van der Waals surface area contributed by atoms with Gasteiger partial charge in [0.05, 0.1) is 10.7 Å². The Labute approximate surface area is 131 Å². The first-order chi connectivity index (χ1) is 10.2. The first kappa shape index (κ1) is 16.3. The van der Waals surface area contributed by atoms with E-state index in [0.29, 0.717) is 17.1 Å². The molecule has 0 unspecified atom stereocenters. The molecule has 0 bridgehead atoms. The highest BCUT2D eigenvalue weighted by molar-refractivity contribution is 6.33. The van der Waals surface area contributed by atoms with Crippen molar-refractivity contribution >= 4 is 23.2 Å². The van der Waals surface area contributed by atoms with Crippen molar-refractivity contribution in [1.29, 1.82) is 0 Å². The minimum Gasteiger partial charge on any atom is -0.325 e. The minimum absolute atomic E-state index is 0.0282. The second kappa shape index (κ2) is 8.37. The fourth-order valence-electron chi connectivity index (χ4n) is 2.74. The van der Waals surface area contributed by atoms with E-state index in [9.17, 15) is 4.79 Å². The van der Waals surface area contributed by atoms with Crippen molar-refractivity contribution in [3.63, 3.8) is 0 Å².